The number of rotatable bonds is 8. The summed E-state index contributed by atoms with van der Waals surface area (Å²) in [5, 5.41) is 12.1. The number of amides is 1. The number of alkyl halides is 2. The molecule has 0 aliphatic rings. The number of aromatic nitrogens is 2. The lowest BCUT2D eigenvalue weighted by atomic mass is 10.1. The predicted octanol–water partition coefficient (Wildman–Crippen LogP) is 4.29. The Kier molecular flexibility index (Phi) is 6.73. The standard InChI is InChI=1S/C23H16F2N4O5S/c24-22(25)34-16-9-7-15(8-10-16)28-21(31)17-3-1-2-4-18(17)27-23(28)35-12-14-6-5-13(20(26)30)11-19(14)29(32)33/h1-11,22H,12H2,(H2,26,30). The van der Waals surface area contributed by atoms with Gasteiger partial charge in [-0.25, -0.2) is 4.98 Å². The van der Waals surface area contributed by atoms with Crippen LogP contribution in [0.15, 0.2) is 76.7 Å². The molecule has 2 N–H and O–H groups in total. The largest absolute Gasteiger partial charge is 0.435 e. The summed E-state index contributed by atoms with van der Waals surface area (Å²) < 4.78 is 30.7. The molecule has 0 unspecified atom stereocenters. The second-order valence-corrected chi connectivity index (χ2v) is 8.12. The molecule has 1 amide bonds. The Morgan fingerprint density at radius 3 is 2.51 bits per heavy atom. The Morgan fingerprint density at radius 2 is 1.86 bits per heavy atom. The Morgan fingerprint density at radius 1 is 1.14 bits per heavy atom. The monoisotopic (exact) mass is 498 g/mol. The number of ether oxygens (including phenoxy) is 1. The zero-order valence-corrected chi connectivity index (χ0v) is 18.6. The topological polar surface area (TPSA) is 130 Å². The lowest BCUT2D eigenvalue weighted by Gasteiger charge is -2.14. The summed E-state index contributed by atoms with van der Waals surface area (Å²) >= 11 is 1.06. The molecule has 1 aromatic heterocycles. The van der Waals surface area contributed by atoms with E-state index in [4.69, 9.17) is 5.73 Å². The third kappa shape index (κ3) is 5.11. The molecule has 0 spiro atoms. The van der Waals surface area contributed by atoms with Gasteiger partial charge in [0, 0.05) is 22.9 Å². The number of fused-ring (bicyclic) bond motifs is 1. The van der Waals surface area contributed by atoms with Crippen molar-refractivity contribution in [3.8, 4) is 11.4 Å². The van der Waals surface area contributed by atoms with E-state index in [1.807, 2.05) is 0 Å². The minimum absolute atomic E-state index is 0.00250. The number of primary amides is 1. The van der Waals surface area contributed by atoms with Gasteiger partial charge in [0.25, 0.3) is 11.2 Å². The van der Waals surface area contributed by atoms with Crippen molar-refractivity contribution in [1.29, 1.82) is 0 Å². The van der Waals surface area contributed by atoms with Crippen molar-refractivity contribution < 1.29 is 23.2 Å². The van der Waals surface area contributed by atoms with Crippen LogP contribution < -0.4 is 16.0 Å². The van der Waals surface area contributed by atoms with Crippen LogP contribution in [0.3, 0.4) is 0 Å². The van der Waals surface area contributed by atoms with E-state index in [9.17, 15) is 28.5 Å². The zero-order chi connectivity index (χ0) is 25.1. The molecule has 0 bridgehead atoms. The molecule has 0 aliphatic carbocycles. The van der Waals surface area contributed by atoms with E-state index in [0.717, 1.165) is 17.8 Å². The molecular weight excluding hydrogens is 482 g/mol. The highest BCUT2D eigenvalue weighted by Gasteiger charge is 2.19. The van der Waals surface area contributed by atoms with E-state index in [0.29, 0.717) is 22.2 Å². The van der Waals surface area contributed by atoms with Crippen molar-refractivity contribution >= 4 is 34.3 Å². The number of para-hydroxylation sites is 1. The van der Waals surface area contributed by atoms with E-state index in [1.54, 1.807) is 24.3 Å². The van der Waals surface area contributed by atoms with Crippen LogP contribution in [0.25, 0.3) is 16.6 Å². The number of nitrogens with two attached hydrogens (primary N) is 1. The molecule has 4 aromatic rings. The van der Waals surface area contributed by atoms with E-state index in [2.05, 4.69) is 9.72 Å². The summed E-state index contributed by atoms with van der Waals surface area (Å²) in [5.41, 5.74) is 5.58. The summed E-state index contributed by atoms with van der Waals surface area (Å²) in [7, 11) is 0. The number of nitro benzene ring substituents is 1. The second-order valence-electron chi connectivity index (χ2n) is 7.18. The van der Waals surface area contributed by atoms with Crippen LogP contribution in [0.1, 0.15) is 15.9 Å². The lowest BCUT2D eigenvalue weighted by molar-refractivity contribution is -0.385. The molecule has 0 fully saturated rings. The second kappa shape index (κ2) is 9.89. The molecule has 1 heterocycles. The van der Waals surface area contributed by atoms with Gasteiger partial charge in [-0.2, -0.15) is 8.78 Å². The number of nitro groups is 1. The number of halogens is 2. The van der Waals surface area contributed by atoms with Crippen molar-refractivity contribution in [1.82, 2.24) is 9.55 Å². The normalized spacial score (nSPS) is 11.1. The highest BCUT2D eigenvalue weighted by Crippen LogP contribution is 2.30. The quantitative estimate of drug-likeness (QED) is 0.166. The van der Waals surface area contributed by atoms with Crippen LogP contribution in [-0.4, -0.2) is 27.0 Å². The SMILES string of the molecule is NC(=O)c1ccc(CSc2nc3ccccc3c(=O)n2-c2ccc(OC(F)F)cc2)c([N+](=O)[O-])c1. The van der Waals surface area contributed by atoms with Gasteiger partial charge >= 0.3 is 6.61 Å². The smallest absolute Gasteiger partial charge is 0.387 e. The Bertz CT molecular complexity index is 1490. The number of carbonyl (C=O) groups is 1. The first-order chi connectivity index (χ1) is 16.7. The van der Waals surface area contributed by atoms with E-state index in [1.165, 1.54) is 41.0 Å². The van der Waals surface area contributed by atoms with Gasteiger partial charge in [-0.15, -0.1) is 0 Å². The number of hydrogen-bond acceptors (Lipinski definition) is 7. The van der Waals surface area contributed by atoms with Crippen molar-refractivity contribution in [3.05, 3.63) is 98.3 Å². The fraction of sp³-hybridized carbons (Fsp3) is 0.0870. The molecule has 0 radical (unpaired) electrons. The number of nitrogens with zero attached hydrogens (tertiary/aromatic N) is 3. The third-order valence-electron chi connectivity index (χ3n) is 4.99. The van der Waals surface area contributed by atoms with Crippen LogP contribution in [0.5, 0.6) is 5.75 Å². The fourth-order valence-corrected chi connectivity index (χ4v) is 4.37. The molecule has 178 valence electrons. The molecule has 0 atom stereocenters. The van der Waals surface area contributed by atoms with Gasteiger partial charge < -0.3 is 10.5 Å². The molecule has 0 saturated carbocycles. The first-order valence-electron chi connectivity index (χ1n) is 10.0. The number of benzene rings is 3. The molecule has 12 heteroatoms. The summed E-state index contributed by atoms with van der Waals surface area (Å²) in [4.78, 5) is 40.2. The molecule has 0 aliphatic heterocycles. The van der Waals surface area contributed by atoms with E-state index in [-0.39, 0.29) is 27.9 Å². The van der Waals surface area contributed by atoms with Crippen LogP contribution >= 0.6 is 11.8 Å². The van der Waals surface area contributed by atoms with E-state index < -0.39 is 23.0 Å². The molecule has 4 rings (SSSR count). The Balaban J connectivity index is 1.77. The Labute approximate surface area is 200 Å². The van der Waals surface area contributed by atoms with Gasteiger partial charge in [-0.3, -0.25) is 24.3 Å². The minimum atomic E-state index is -2.99. The number of thioether (sulfide) groups is 1. The molecule has 0 saturated heterocycles. The van der Waals surface area contributed by atoms with E-state index >= 15 is 0 Å². The van der Waals surface area contributed by atoms with Gasteiger partial charge in [0.1, 0.15) is 5.75 Å². The zero-order valence-electron chi connectivity index (χ0n) is 17.8. The maximum absolute atomic E-state index is 13.3. The number of carbonyl (C=O) groups excluding carboxylic acids is 1. The highest BCUT2D eigenvalue weighted by atomic mass is 32.2. The average molecular weight is 498 g/mol. The molecule has 35 heavy (non-hydrogen) atoms. The van der Waals surface area contributed by atoms with Crippen molar-refractivity contribution in [2.45, 2.75) is 17.5 Å². The van der Waals surface area contributed by atoms with Gasteiger partial charge in [0.05, 0.1) is 21.5 Å². The van der Waals surface area contributed by atoms with Crippen LogP contribution in [0.4, 0.5) is 14.5 Å². The molecular formula is C23H16F2N4O5S. The van der Waals surface area contributed by atoms with Gasteiger partial charge in [0.2, 0.25) is 5.91 Å². The van der Waals surface area contributed by atoms with Crippen molar-refractivity contribution in [2.24, 2.45) is 5.73 Å². The molecule has 3 aromatic carbocycles. The number of hydrogen-bond donors (Lipinski definition) is 1. The first kappa shape index (κ1) is 23.8. The lowest BCUT2D eigenvalue weighted by Crippen LogP contribution is -2.21. The fourth-order valence-electron chi connectivity index (χ4n) is 3.36. The van der Waals surface area contributed by atoms with Gasteiger partial charge in [-0.05, 0) is 42.5 Å². The van der Waals surface area contributed by atoms with Crippen molar-refractivity contribution in [3.63, 3.8) is 0 Å². The average Bonchev–Trinajstić information content (AvgIpc) is 2.83. The van der Waals surface area contributed by atoms with Crippen LogP contribution in [-0.2, 0) is 5.75 Å². The van der Waals surface area contributed by atoms with Gasteiger partial charge in [-0.1, -0.05) is 30.0 Å². The Hall–Kier alpha value is -4.32. The van der Waals surface area contributed by atoms with Crippen LogP contribution in [0.2, 0.25) is 0 Å². The minimum Gasteiger partial charge on any atom is -0.435 e. The van der Waals surface area contributed by atoms with Crippen molar-refractivity contribution in [2.75, 3.05) is 0 Å². The predicted molar refractivity (Wildman–Crippen MR) is 125 cm³/mol. The summed E-state index contributed by atoms with van der Waals surface area (Å²) in [6, 6.07) is 16.0. The summed E-state index contributed by atoms with van der Waals surface area (Å²) in [5.74, 6) is -0.825. The van der Waals surface area contributed by atoms with Gasteiger partial charge in [0.15, 0.2) is 5.16 Å². The third-order valence-corrected chi connectivity index (χ3v) is 5.98. The first-order valence-corrected chi connectivity index (χ1v) is 11.0. The highest BCUT2D eigenvalue weighted by molar-refractivity contribution is 7.98. The van der Waals surface area contributed by atoms with Crippen LogP contribution in [0, 0.1) is 10.1 Å². The maximum atomic E-state index is 13.3. The maximum Gasteiger partial charge on any atom is 0.387 e. The summed E-state index contributed by atoms with van der Waals surface area (Å²) in [6.45, 7) is -2.99. The molecule has 9 nitrogen and oxygen atoms in total. The summed E-state index contributed by atoms with van der Waals surface area (Å²) in [6.07, 6.45) is 0.